The molecule has 2 rings (SSSR count). The van der Waals surface area contributed by atoms with Crippen molar-refractivity contribution in [1.82, 2.24) is 4.90 Å². The standard InChI is InChI=1S/C22H26F3N3O2/c1-5-8-28(11-18(29)26-17-7-6-16(23)20(24)21(17)25)12-19(30)27-22-14(3)9-13(2)10-15(22)4/h6-7,9-10H,5,8,11-12H2,1-4H3,(H,26,29)(H,27,30). The number of nitrogens with one attached hydrogen (secondary N) is 2. The highest BCUT2D eigenvalue weighted by molar-refractivity contribution is 5.95. The number of aryl methyl sites for hydroxylation is 3. The Bertz CT molecular complexity index is 924. The highest BCUT2D eigenvalue weighted by Crippen LogP contribution is 2.22. The Hall–Kier alpha value is -2.87. The van der Waals surface area contributed by atoms with Crippen LogP contribution in [0.5, 0.6) is 0 Å². The molecule has 0 saturated carbocycles. The van der Waals surface area contributed by atoms with E-state index in [1.54, 1.807) is 4.90 Å². The summed E-state index contributed by atoms with van der Waals surface area (Å²) in [7, 11) is 0. The lowest BCUT2D eigenvalue weighted by molar-refractivity contribution is -0.120. The average molecular weight is 421 g/mol. The minimum absolute atomic E-state index is 0.0473. The summed E-state index contributed by atoms with van der Waals surface area (Å²) in [6.07, 6.45) is 0.683. The van der Waals surface area contributed by atoms with Crippen LogP contribution in [0.15, 0.2) is 24.3 Å². The number of amides is 2. The maximum atomic E-state index is 13.8. The second-order valence-corrected chi connectivity index (χ2v) is 7.30. The number of nitrogens with zero attached hydrogens (tertiary/aromatic N) is 1. The van der Waals surface area contributed by atoms with E-state index in [2.05, 4.69) is 10.6 Å². The average Bonchev–Trinajstić information content (AvgIpc) is 2.65. The lowest BCUT2D eigenvalue weighted by Gasteiger charge is -2.21. The molecule has 0 saturated heterocycles. The van der Waals surface area contributed by atoms with E-state index in [4.69, 9.17) is 0 Å². The van der Waals surface area contributed by atoms with Crippen molar-refractivity contribution in [2.24, 2.45) is 0 Å². The van der Waals surface area contributed by atoms with Crippen molar-refractivity contribution in [3.63, 3.8) is 0 Å². The minimum Gasteiger partial charge on any atom is -0.324 e. The molecule has 0 aliphatic rings. The summed E-state index contributed by atoms with van der Waals surface area (Å²) in [6, 6.07) is 5.62. The van der Waals surface area contributed by atoms with Gasteiger partial charge in [-0.2, -0.15) is 0 Å². The number of halogens is 3. The summed E-state index contributed by atoms with van der Waals surface area (Å²) in [5.41, 5.74) is 3.25. The molecule has 2 aromatic rings. The molecule has 8 heteroatoms. The van der Waals surface area contributed by atoms with Crippen LogP contribution < -0.4 is 10.6 Å². The van der Waals surface area contributed by atoms with E-state index in [0.717, 1.165) is 34.5 Å². The summed E-state index contributed by atoms with van der Waals surface area (Å²) < 4.78 is 40.1. The number of benzene rings is 2. The fraction of sp³-hybridized carbons (Fsp3) is 0.364. The van der Waals surface area contributed by atoms with E-state index in [1.165, 1.54) is 0 Å². The van der Waals surface area contributed by atoms with E-state index in [9.17, 15) is 22.8 Å². The number of carbonyl (C=O) groups is 2. The Morgan fingerprint density at radius 2 is 1.47 bits per heavy atom. The van der Waals surface area contributed by atoms with Gasteiger partial charge in [0.2, 0.25) is 11.8 Å². The molecule has 0 heterocycles. The number of anilines is 2. The Morgan fingerprint density at radius 1 is 0.900 bits per heavy atom. The van der Waals surface area contributed by atoms with Crippen molar-refractivity contribution in [3.8, 4) is 0 Å². The highest BCUT2D eigenvalue weighted by atomic mass is 19.2. The van der Waals surface area contributed by atoms with Crippen LogP contribution in [0.4, 0.5) is 24.5 Å². The zero-order valence-electron chi connectivity index (χ0n) is 17.5. The Labute approximate surface area is 174 Å². The van der Waals surface area contributed by atoms with E-state index in [0.29, 0.717) is 13.0 Å². The molecule has 2 N–H and O–H groups in total. The molecule has 2 aromatic carbocycles. The number of hydrogen-bond donors (Lipinski definition) is 2. The quantitative estimate of drug-likeness (QED) is 0.624. The first-order valence-corrected chi connectivity index (χ1v) is 9.65. The highest BCUT2D eigenvalue weighted by Gasteiger charge is 2.19. The van der Waals surface area contributed by atoms with Crippen molar-refractivity contribution in [2.75, 3.05) is 30.3 Å². The number of rotatable bonds is 8. The Morgan fingerprint density at radius 3 is 2.03 bits per heavy atom. The van der Waals surface area contributed by atoms with Gasteiger partial charge in [0, 0.05) is 5.69 Å². The fourth-order valence-corrected chi connectivity index (χ4v) is 3.30. The van der Waals surface area contributed by atoms with Crippen molar-refractivity contribution in [1.29, 1.82) is 0 Å². The van der Waals surface area contributed by atoms with Crippen molar-refractivity contribution in [3.05, 3.63) is 58.4 Å². The van der Waals surface area contributed by atoms with Crippen LogP contribution in [0, 0.1) is 38.2 Å². The molecule has 30 heavy (non-hydrogen) atoms. The van der Waals surface area contributed by atoms with Crippen molar-refractivity contribution in [2.45, 2.75) is 34.1 Å². The first-order chi connectivity index (χ1) is 14.1. The molecule has 0 unspecified atom stereocenters. The first-order valence-electron chi connectivity index (χ1n) is 9.65. The SMILES string of the molecule is CCCN(CC(=O)Nc1ccc(F)c(F)c1F)CC(=O)Nc1c(C)cc(C)cc1C. The topological polar surface area (TPSA) is 61.4 Å². The van der Waals surface area contributed by atoms with Gasteiger partial charge < -0.3 is 10.6 Å². The number of carbonyl (C=O) groups excluding carboxylic acids is 2. The molecule has 162 valence electrons. The normalized spacial score (nSPS) is 10.9. The van der Waals surface area contributed by atoms with Crippen molar-refractivity contribution >= 4 is 23.2 Å². The van der Waals surface area contributed by atoms with E-state index < -0.39 is 29.0 Å². The van der Waals surface area contributed by atoms with Gasteiger partial charge >= 0.3 is 0 Å². The van der Waals surface area contributed by atoms with Crippen LogP contribution in [-0.4, -0.2) is 36.3 Å². The van der Waals surface area contributed by atoms with Crippen LogP contribution in [0.2, 0.25) is 0 Å². The second kappa shape index (κ2) is 10.2. The molecule has 0 spiro atoms. The molecule has 0 aliphatic carbocycles. The molecule has 0 fully saturated rings. The van der Waals surface area contributed by atoms with Crippen LogP contribution in [0.25, 0.3) is 0 Å². The minimum atomic E-state index is -1.65. The van der Waals surface area contributed by atoms with Gasteiger partial charge in [0.25, 0.3) is 0 Å². The van der Waals surface area contributed by atoms with E-state index in [-0.39, 0.29) is 19.0 Å². The predicted molar refractivity (Wildman–Crippen MR) is 111 cm³/mol. The zero-order chi connectivity index (χ0) is 22.4. The number of hydrogen-bond acceptors (Lipinski definition) is 3. The maximum Gasteiger partial charge on any atom is 0.238 e. The third kappa shape index (κ3) is 6.06. The summed E-state index contributed by atoms with van der Waals surface area (Å²) >= 11 is 0. The van der Waals surface area contributed by atoms with Gasteiger partial charge in [0.15, 0.2) is 17.5 Å². The van der Waals surface area contributed by atoms with Gasteiger partial charge in [0.1, 0.15) is 0 Å². The second-order valence-electron chi connectivity index (χ2n) is 7.30. The lowest BCUT2D eigenvalue weighted by Crippen LogP contribution is -2.39. The molecule has 5 nitrogen and oxygen atoms in total. The first kappa shape index (κ1) is 23.4. The molecule has 0 atom stereocenters. The molecule has 0 aliphatic heterocycles. The van der Waals surface area contributed by atoms with Crippen LogP contribution >= 0.6 is 0 Å². The molecule has 0 aromatic heterocycles. The summed E-state index contributed by atoms with van der Waals surface area (Å²) in [5, 5.41) is 5.10. The van der Waals surface area contributed by atoms with Gasteiger partial charge in [-0.25, -0.2) is 13.2 Å². The third-order valence-electron chi connectivity index (χ3n) is 4.52. The van der Waals surface area contributed by atoms with Gasteiger partial charge in [-0.3, -0.25) is 14.5 Å². The van der Waals surface area contributed by atoms with Crippen LogP contribution in [-0.2, 0) is 9.59 Å². The molecule has 2 amide bonds. The zero-order valence-corrected chi connectivity index (χ0v) is 17.5. The Balaban J connectivity index is 2.03. The lowest BCUT2D eigenvalue weighted by atomic mass is 10.1. The van der Waals surface area contributed by atoms with Crippen LogP contribution in [0.1, 0.15) is 30.0 Å². The van der Waals surface area contributed by atoms with E-state index >= 15 is 0 Å². The van der Waals surface area contributed by atoms with Gasteiger partial charge in [-0.15, -0.1) is 0 Å². The summed E-state index contributed by atoms with van der Waals surface area (Å²) in [6.45, 7) is 7.88. The smallest absolute Gasteiger partial charge is 0.238 e. The van der Waals surface area contributed by atoms with Gasteiger partial charge in [-0.1, -0.05) is 24.6 Å². The third-order valence-corrected chi connectivity index (χ3v) is 4.52. The largest absolute Gasteiger partial charge is 0.324 e. The summed E-state index contributed by atoms with van der Waals surface area (Å²) in [5.74, 6) is -5.37. The fourth-order valence-electron chi connectivity index (χ4n) is 3.30. The van der Waals surface area contributed by atoms with Gasteiger partial charge in [-0.05, 0) is 57.0 Å². The monoisotopic (exact) mass is 421 g/mol. The predicted octanol–water partition coefficient (Wildman–Crippen LogP) is 4.32. The van der Waals surface area contributed by atoms with E-state index in [1.807, 2.05) is 39.8 Å². The Kier molecular flexibility index (Phi) is 8.00. The van der Waals surface area contributed by atoms with Gasteiger partial charge in [0.05, 0.1) is 18.8 Å². The summed E-state index contributed by atoms with van der Waals surface area (Å²) in [4.78, 5) is 26.4. The maximum absolute atomic E-state index is 13.8. The molecule has 0 radical (unpaired) electrons. The molecule has 0 bridgehead atoms. The molecular formula is C22H26F3N3O2. The van der Waals surface area contributed by atoms with Crippen LogP contribution in [0.3, 0.4) is 0 Å². The van der Waals surface area contributed by atoms with Crippen molar-refractivity contribution < 1.29 is 22.8 Å². The molecular weight excluding hydrogens is 395 g/mol.